The monoisotopic (exact) mass is 214 g/mol. The van der Waals surface area contributed by atoms with E-state index in [1.54, 1.807) is 12.1 Å². The van der Waals surface area contributed by atoms with E-state index in [4.69, 9.17) is 10.4 Å². The highest BCUT2D eigenvalue weighted by Gasteiger charge is 2.02. The van der Waals surface area contributed by atoms with Crippen molar-refractivity contribution in [2.75, 3.05) is 0 Å². The first-order valence-corrected chi connectivity index (χ1v) is 4.73. The van der Waals surface area contributed by atoms with E-state index in [9.17, 15) is 0 Å². The van der Waals surface area contributed by atoms with E-state index in [0.29, 0.717) is 0 Å². The second kappa shape index (κ2) is 4.44. The summed E-state index contributed by atoms with van der Waals surface area (Å²) in [6.07, 6.45) is 2.75. The summed E-state index contributed by atoms with van der Waals surface area (Å²) in [5.74, 6) is 0. The third-order valence-electron chi connectivity index (χ3n) is 2.39. The molecular weight excluding hydrogens is 204 g/mol. The first kappa shape index (κ1) is 10.2. The number of oxime groups is 2. The zero-order valence-corrected chi connectivity index (χ0v) is 8.41. The number of benzene rings is 2. The lowest BCUT2D eigenvalue weighted by molar-refractivity contribution is 0.321. The standard InChI is InChI=1S/C12H10N2O2/c15-13-7-9-5-6-10(8-14-16)12-4-2-1-3-11(9)12/h1-8,15-16H/b13-7+,14-8+. The lowest BCUT2D eigenvalue weighted by atomic mass is 10.0. The Bertz CT molecular complexity index is 511. The van der Waals surface area contributed by atoms with Gasteiger partial charge in [-0.2, -0.15) is 0 Å². The van der Waals surface area contributed by atoms with Gasteiger partial charge in [0.05, 0.1) is 12.4 Å². The van der Waals surface area contributed by atoms with Crippen LogP contribution in [0.1, 0.15) is 11.1 Å². The van der Waals surface area contributed by atoms with Gasteiger partial charge in [0.2, 0.25) is 0 Å². The maximum absolute atomic E-state index is 8.55. The minimum absolute atomic E-state index is 0.813. The molecule has 0 aliphatic rings. The molecule has 2 aromatic rings. The van der Waals surface area contributed by atoms with Crippen molar-refractivity contribution in [2.45, 2.75) is 0 Å². The highest BCUT2D eigenvalue weighted by molar-refractivity contribution is 6.06. The molecule has 0 saturated heterocycles. The molecular formula is C12H10N2O2. The minimum Gasteiger partial charge on any atom is -0.411 e. The normalized spacial score (nSPS) is 11.8. The number of hydrogen-bond donors (Lipinski definition) is 2. The average Bonchev–Trinajstić information content (AvgIpc) is 2.33. The van der Waals surface area contributed by atoms with Crippen LogP contribution in [0.25, 0.3) is 10.8 Å². The zero-order chi connectivity index (χ0) is 11.4. The van der Waals surface area contributed by atoms with Crippen LogP contribution in [0.4, 0.5) is 0 Å². The molecule has 80 valence electrons. The van der Waals surface area contributed by atoms with Crippen molar-refractivity contribution in [2.24, 2.45) is 10.3 Å². The molecule has 0 aliphatic heterocycles. The van der Waals surface area contributed by atoms with Gasteiger partial charge >= 0.3 is 0 Å². The fourth-order valence-electron chi connectivity index (χ4n) is 1.70. The van der Waals surface area contributed by atoms with Gasteiger partial charge in [-0.15, -0.1) is 0 Å². The fourth-order valence-corrected chi connectivity index (χ4v) is 1.70. The Morgan fingerprint density at radius 3 is 1.56 bits per heavy atom. The Morgan fingerprint density at radius 2 is 1.19 bits per heavy atom. The van der Waals surface area contributed by atoms with Crippen molar-refractivity contribution in [1.29, 1.82) is 0 Å². The van der Waals surface area contributed by atoms with Crippen LogP contribution in [0.15, 0.2) is 46.7 Å². The molecule has 2 rings (SSSR count). The molecule has 0 atom stereocenters. The second-order valence-corrected chi connectivity index (χ2v) is 3.28. The van der Waals surface area contributed by atoms with Gasteiger partial charge in [-0.3, -0.25) is 0 Å². The van der Waals surface area contributed by atoms with Crippen molar-refractivity contribution < 1.29 is 10.4 Å². The van der Waals surface area contributed by atoms with Crippen LogP contribution in [-0.2, 0) is 0 Å². The summed E-state index contributed by atoms with van der Waals surface area (Å²) < 4.78 is 0. The van der Waals surface area contributed by atoms with E-state index in [-0.39, 0.29) is 0 Å². The first-order chi connectivity index (χ1) is 7.86. The molecule has 0 saturated carbocycles. The highest BCUT2D eigenvalue weighted by Crippen LogP contribution is 2.20. The van der Waals surface area contributed by atoms with Crippen molar-refractivity contribution in [1.82, 2.24) is 0 Å². The number of nitrogens with zero attached hydrogens (tertiary/aromatic N) is 2. The van der Waals surface area contributed by atoms with E-state index in [1.807, 2.05) is 24.3 Å². The summed E-state index contributed by atoms with van der Waals surface area (Å²) in [6, 6.07) is 11.2. The summed E-state index contributed by atoms with van der Waals surface area (Å²) in [5, 5.41) is 25.0. The third kappa shape index (κ3) is 1.72. The van der Waals surface area contributed by atoms with Crippen molar-refractivity contribution >= 4 is 23.2 Å². The molecule has 4 heteroatoms. The molecule has 0 aliphatic carbocycles. The van der Waals surface area contributed by atoms with E-state index in [1.165, 1.54) is 12.4 Å². The maximum atomic E-state index is 8.55. The molecule has 0 bridgehead atoms. The third-order valence-corrected chi connectivity index (χ3v) is 2.39. The lowest BCUT2D eigenvalue weighted by Gasteiger charge is -2.04. The van der Waals surface area contributed by atoms with Crippen LogP contribution in [0, 0.1) is 0 Å². The van der Waals surface area contributed by atoms with Crippen LogP contribution in [0.3, 0.4) is 0 Å². The highest BCUT2D eigenvalue weighted by atomic mass is 16.4. The summed E-state index contributed by atoms with van der Waals surface area (Å²) >= 11 is 0. The maximum Gasteiger partial charge on any atom is 0.0740 e. The number of hydrogen-bond acceptors (Lipinski definition) is 4. The number of rotatable bonds is 2. The van der Waals surface area contributed by atoms with Crippen LogP contribution < -0.4 is 0 Å². The van der Waals surface area contributed by atoms with E-state index >= 15 is 0 Å². The van der Waals surface area contributed by atoms with Gasteiger partial charge in [0.25, 0.3) is 0 Å². The van der Waals surface area contributed by atoms with Gasteiger partial charge in [0.1, 0.15) is 0 Å². The Labute approximate surface area is 92.1 Å². The van der Waals surface area contributed by atoms with E-state index in [2.05, 4.69) is 10.3 Å². The molecule has 0 radical (unpaired) electrons. The van der Waals surface area contributed by atoms with Crippen molar-refractivity contribution in [3.05, 3.63) is 47.5 Å². The molecule has 0 unspecified atom stereocenters. The predicted octanol–water partition coefficient (Wildman–Crippen LogP) is 2.46. The lowest BCUT2D eigenvalue weighted by Crippen LogP contribution is -1.90. The Balaban J connectivity index is 2.76. The summed E-state index contributed by atoms with van der Waals surface area (Å²) in [5.41, 5.74) is 1.63. The van der Waals surface area contributed by atoms with Gasteiger partial charge in [-0.25, -0.2) is 0 Å². The molecule has 2 N–H and O–H groups in total. The zero-order valence-electron chi connectivity index (χ0n) is 8.41. The minimum atomic E-state index is 0.813. The first-order valence-electron chi connectivity index (χ1n) is 4.73. The van der Waals surface area contributed by atoms with Gasteiger partial charge in [0, 0.05) is 11.1 Å². The van der Waals surface area contributed by atoms with Gasteiger partial charge < -0.3 is 10.4 Å². The van der Waals surface area contributed by atoms with Gasteiger partial charge in [-0.05, 0) is 10.8 Å². The molecule has 0 spiro atoms. The second-order valence-electron chi connectivity index (χ2n) is 3.28. The van der Waals surface area contributed by atoms with Crippen LogP contribution in [0.5, 0.6) is 0 Å². The Hall–Kier alpha value is -2.36. The molecule has 0 aromatic heterocycles. The van der Waals surface area contributed by atoms with Crippen molar-refractivity contribution in [3.63, 3.8) is 0 Å². The van der Waals surface area contributed by atoms with Crippen LogP contribution in [-0.4, -0.2) is 22.8 Å². The fraction of sp³-hybridized carbons (Fsp3) is 0. The summed E-state index contributed by atoms with van der Waals surface area (Å²) in [4.78, 5) is 0. The average molecular weight is 214 g/mol. The molecule has 0 amide bonds. The predicted molar refractivity (Wildman–Crippen MR) is 62.7 cm³/mol. The summed E-state index contributed by atoms with van der Waals surface area (Å²) in [6.45, 7) is 0. The quantitative estimate of drug-likeness (QED) is 0.458. The van der Waals surface area contributed by atoms with E-state index < -0.39 is 0 Å². The molecule has 4 nitrogen and oxygen atoms in total. The summed E-state index contributed by atoms with van der Waals surface area (Å²) in [7, 11) is 0. The van der Waals surface area contributed by atoms with Crippen LogP contribution >= 0.6 is 0 Å². The van der Waals surface area contributed by atoms with Crippen LogP contribution in [0.2, 0.25) is 0 Å². The largest absolute Gasteiger partial charge is 0.411 e. The molecule has 0 heterocycles. The molecule has 16 heavy (non-hydrogen) atoms. The SMILES string of the molecule is O/N=C/c1ccc(/C=N/O)c2ccccc12. The molecule has 2 aromatic carbocycles. The van der Waals surface area contributed by atoms with E-state index in [0.717, 1.165) is 21.9 Å². The molecule has 0 fully saturated rings. The topological polar surface area (TPSA) is 65.2 Å². The number of fused-ring (bicyclic) bond motifs is 1. The Kier molecular flexibility index (Phi) is 2.82. The Morgan fingerprint density at radius 1 is 0.750 bits per heavy atom. The van der Waals surface area contributed by atoms with Crippen molar-refractivity contribution in [3.8, 4) is 0 Å². The van der Waals surface area contributed by atoms with Gasteiger partial charge in [0.15, 0.2) is 0 Å². The smallest absolute Gasteiger partial charge is 0.0740 e. The van der Waals surface area contributed by atoms with Gasteiger partial charge in [-0.1, -0.05) is 46.7 Å².